The second kappa shape index (κ2) is 5.19. The highest BCUT2D eigenvalue weighted by molar-refractivity contribution is 5.69. The van der Waals surface area contributed by atoms with Crippen molar-refractivity contribution in [3.8, 4) is 0 Å². The SMILES string of the molecule is C[N+](C)(C)[C@@H](CCCCN)C(=O)[O-]. The van der Waals surface area contributed by atoms with Crippen molar-refractivity contribution >= 4 is 5.97 Å². The zero-order valence-corrected chi connectivity index (χ0v) is 8.75. The summed E-state index contributed by atoms with van der Waals surface area (Å²) in [6.07, 6.45) is 2.37. The van der Waals surface area contributed by atoms with Crippen LogP contribution in [0.4, 0.5) is 0 Å². The number of hydrogen-bond acceptors (Lipinski definition) is 3. The highest BCUT2D eigenvalue weighted by Gasteiger charge is 2.23. The Morgan fingerprint density at radius 1 is 1.38 bits per heavy atom. The number of carbonyl (C=O) groups excluding carboxylic acids is 1. The van der Waals surface area contributed by atoms with Crippen LogP contribution in [0.1, 0.15) is 19.3 Å². The molecule has 0 saturated carbocycles. The molecule has 0 aromatic rings. The number of nitrogens with two attached hydrogens (primary N) is 1. The highest BCUT2D eigenvalue weighted by Crippen LogP contribution is 2.10. The lowest BCUT2D eigenvalue weighted by Crippen LogP contribution is -2.54. The molecule has 0 fully saturated rings. The number of carboxylic acids is 1. The fourth-order valence-corrected chi connectivity index (χ4v) is 1.30. The molecule has 0 aliphatic rings. The molecule has 2 N–H and O–H groups in total. The second-order valence-electron chi connectivity index (χ2n) is 4.24. The molecule has 0 amide bonds. The van der Waals surface area contributed by atoms with E-state index in [0.29, 0.717) is 17.4 Å². The summed E-state index contributed by atoms with van der Waals surface area (Å²) in [5, 5.41) is 10.8. The van der Waals surface area contributed by atoms with Gasteiger partial charge in [0.25, 0.3) is 0 Å². The molecule has 0 aliphatic heterocycles. The molecule has 0 rings (SSSR count). The van der Waals surface area contributed by atoms with Crippen LogP contribution < -0.4 is 10.8 Å². The van der Waals surface area contributed by atoms with Crippen LogP contribution in [0.15, 0.2) is 0 Å². The summed E-state index contributed by atoms with van der Waals surface area (Å²) in [6.45, 7) is 0.622. The van der Waals surface area contributed by atoms with Gasteiger partial charge in [-0.15, -0.1) is 0 Å². The number of likely N-dealkylation sites (N-methyl/N-ethyl adjacent to an activating group) is 1. The van der Waals surface area contributed by atoms with E-state index in [1.54, 1.807) is 0 Å². The van der Waals surface area contributed by atoms with Gasteiger partial charge in [-0.25, -0.2) is 0 Å². The lowest BCUT2D eigenvalue weighted by molar-refractivity contribution is -0.889. The Bertz CT molecular complexity index is 163. The minimum atomic E-state index is -0.968. The maximum Gasteiger partial charge on any atom is 0.129 e. The molecule has 0 aromatic heterocycles. The molecule has 0 radical (unpaired) electrons. The van der Waals surface area contributed by atoms with Crippen molar-refractivity contribution in [2.75, 3.05) is 27.7 Å². The molecule has 1 atom stereocenters. The van der Waals surface area contributed by atoms with Gasteiger partial charge in [0.15, 0.2) is 0 Å². The third-order valence-electron chi connectivity index (χ3n) is 2.14. The van der Waals surface area contributed by atoms with Crippen LogP contribution in [0.5, 0.6) is 0 Å². The van der Waals surface area contributed by atoms with Gasteiger partial charge < -0.3 is 20.1 Å². The minimum absolute atomic E-state index is 0.410. The van der Waals surface area contributed by atoms with Crippen LogP contribution in [0.25, 0.3) is 0 Å². The standard InChI is InChI=1S/C9H20N2O2/c1-11(2,3)8(9(12)13)6-4-5-7-10/h8H,4-7,10H2,1-3H3/t8-/m0/s1. The van der Waals surface area contributed by atoms with Gasteiger partial charge in [-0.3, -0.25) is 0 Å². The van der Waals surface area contributed by atoms with Crippen molar-refractivity contribution in [1.29, 1.82) is 0 Å². The third-order valence-corrected chi connectivity index (χ3v) is 2.14. The summed E-state index contributed by atoms with van der Waals surface area (Å²) >= 11 is 0. The fraction of sp³-hybridized carbons (Fsp3) is 0.889. The van der Waals surface area contributed by atoms with E-state index in [1.807, 2.05) is 21.1 Å². The quantitative estimate of drug-likeness (QED) is 0.427. The largest absolute Gasteiger partial charge is 0.544 e. The zero-order valence-electron chi connectivity index (χ0n) is 8.75. The first-order valence-corrected chi connectivity index (χ1v) is 4.61. The number of unbranched alkanes of at least 4 members (excludes halogenated alkanes) is 1. The summed E-state index contributed by atoms with van der Waals surface area (Å²) < 4.78 is 0.410. The summed E-state index contributed by atoms with van der Waals surface area (Å²) in [5.74, 6) is -0.968. The van der Waals surface area contributed by atoms with E-state index in [9.17, 15) is 9.90 Å². The van der Waals surface area contributed by atoms with Crippen LogP contribution in [-0.4, -0.2) is 44.2 Å². The fourth-order valence-electron chi connectivity index (χ4n) is 1.30. The van der Waals surface area contributed by atoms with Crippen molar-refractivity contribution in [2.24, 2.45) is 5.73 Å². The molecule has 0 spiro atoms. The van der Waals surface area contributed by atoms with Crippen molar-refractivity contribution < 1.29 is 14.4 Å². The van der Waals surface area contributed by atoms with E-state index in [1.165, 1.54) is 0 Å². The van der Waals surface area contributed by atoms with Crippen molar-refractivity contribution in [3.63, 3.8) is 0 Å². The zero-order chi connectivity index (χ0) is 10.5. The Kier molecular flexibility index (Phi) is 4.95. The molecule has 0 saturated heterocycles. The van der Waals surface area contributed by atoms with Gasteiger partial charge in [0.05, 0.1) is 27.1 Å². The Morgan fingerprint density at radius 3 is 2.23 bits per heavy atom. The molecule has 0 aliphatic carbocycles. The van der Waals surface area contributed by atoms with Gasteiger partial charge in [-0.2, -0.15) is 0 Å². The number of carboxylic acid groups (broad SMARTS) is 1. The van der Waals surface area contributed by atoms with Crippen LogP contribution in [0, 0.1) is 0 Å². The summed E-state index contributed by atoms with van der Waals surface area (Å²) in [6, 6.07) is -0.424. The van der Waals surface area contributed by atoms with E-state index in [2.05, 4.69) is 0 Å². The van der Waals surface area contributed by atoms with Crippen molar-refractivity contribution in [3.05, 3.63) is 0 Å². The van der Waals surface area contributed by atoms with Gasteiger partial charge in [0.1, 0.15) is 6.04 Å². The molecule has 0 heterocycles. The summed E-state index contributed by atoms with van der Waals surface area (Å²) in [4.78, 5) is 10.8. The Balaban J connectivity index is 4.04. The molecule has 4 nitrogen and oxygen atoms in total. The van der Waals surface area contributed by atoms with Crippen molar-refractivity contribution in [1.82, 2.24) is 0 Å². The van der Waals surface area contributed by atoms with Gasteiger partial charge >= 0.3 is 0 Å². The molecule has 78 valence electrons. The number of hydrogen-bond donors (Lipinski definition) is 1. The number of quaternary nitrogens is 1. The number of nitrogens with zero attached hydrogens (tertiary/aromatic N) is 1. The topological polar surface area (TPSA) is 66.2 Å². The van der Waals surface area contributed by atoms with E-state index >= 15 is 0 Å². The molecule has 0 aromatic carbocycles. The lowest BCUT2D eigenvalue weighted by atomic mass is 10.1. The number of aliphatic carboxylic acids is 1. The normalized spacial score (nSPS) is 14.2. The van der Waals surface area contributed by atoms with Gasteiger partial charge in [-0.1, -0.05) is 0 Å². The number of rotatable bonds is 6. The Hall–Kier alpha value is -0.610. The second-order valence-corrected chi connectivity index (χ2v) is 4.24. The summed E-state index contributed by atoms with van der Waals surface area (Å²) in [5.41, 5.74) is 5.33. The van der Waals surface area contributed by atoms with E-state index in [0.717, 1.165) is 12.8 Å². The monoisotopic (exact) mass is 188 g/mol. The average Bonchev–Trinajstić information content (AvgIpc) is 1.94. The Morgan fingerprint density at radius 2 is 1.92 bits per heavy atom. The van der Waals surface area contributed by atoms with Gasteiger partial charge in [0.2, 0.25) is 0 Å². The minimum Gasteiger partial charge on any atom is -0.544 e. The maximum atomic E-state index is 10.8. The van der Waals surface area contributed by atoms with Crippen LogP contribution in [0.3, 0.4) is 0 Å². The van der Waals surface area contributed by atoms with Crippen LogP contribution >= 0.6 is 0 Å². The van der Waals surface area contributed by atoms with Gasteiger partial charge in [-0.05, 0) is 19.4 Å². The first kappa shape index (κ1) is 12.4. The highest BCUT2D eigenvalue weighted by atomic mass is 16.4. The van der Waals surface area contributed by atoms with Gasteiger partial charge in [0, 0.05) is 6.42 Å². The predicted octanol–water partition coefficient (Wildman–Crippen LogP) is -1.06. The third kappa shape index (κ3) is 4.85. The maximum absolute atomic E-state index is 10.8. The molecule has 0 unspecified atom stereocenters. The number of carbonyl (C=O) groups is 1. The smallest absolute Gasteiger partial charge is 0.129 e. The van der Waals surface area contributed by atoms with E-state index in [-0.39, 0.29) is 0 Å². The van der Waals surface area contributed by atoms with Crippen LogP contribution in [0.2, 0.25) is 0 Å². The van der Waals surface area contributed by atoms with Crippen molar-refractivity contribution in [2.45, 2.75) is 25.3 Å². The lowest BCUT2D eigenvalue weighted by Gasteiger charge is -2.34. The first-order valence-electron chi connectivity index (χ1n) is 4.61. The molecular weight excluding hydrogens is 168 g/mol. The Labute approximate surface area is 79.9 Å². The molecular formula is C9H20N2O2. The van der Waals surface area contributed by atoms with Crippen LogP contribution in [-0.2, 0) is 4.79 Å². The van der Waals surface area contributed by atoms with E-state index < -0.39 is 12.0 Å². The summed E-state index contributed by atoms with van der Waals surface area (Å²) in [7, 11) is 5.59. The first-order chi connectivity index (χ1) is 5.89. The molecule has 4 heteroatoms. The average molecular weight is 188 g/mol. The molecule has 0 bridgehead atoms. The molecule has 13 heavy (non-hydrogen) atoms. The predicted molar refractivity (Wildman–Crippen MR) is 49.7 cm³/mol. The van der Waals surface area contributed by atoms with E-state index in [4.69, 9.17) is 5.73 Å².